The molecule has 0 spiro atoms. The van der Waals surface area contributed by atoms with Gasteiger partial charge in [0.2, 0.25) is 0 Å². The number of hydrogen-bond donors (Lipinski definition) is 0. The maximum absolute atomic E-state index is 2.43. The molecule has 0 aromatic rings. The standard InChI is InChI=1S/C9H18N/c1-3-10(2)7-8-4-5-9(10)6-8/h8-9H,3-7H2,1-2H3/q+1/t8-,9+,10?/m0/s1. The summed E-state index contributed by atoms with van der Waals surface area (Å²) >= 11 is 0. The first-order valence-corrected chi connectivity index (χ1v) is 4.59. The first-order chi connectivity index (χ1) is 4.74. The molecule has 1 aliphatic heterocycles. The highest BCUT2D eigenvalue weighted by molar-refractivity contribution is 4.82. The third-order valence-corrected chi connectivity index (χ3v) is 3.79. The fraction of sp³-hybridized carbons (Fsp3) is 1.00. The summed E-state index contributed by atoms with van der Waals surface area (Å²) in [4.78, 5) is 0. The van der Waals surface area contributed by atoms with Gasteiger partial charge in [-0.15, -0.1) is 0 Å². The van der Waals surface area contributed by atoms with Crippen LogP contribution in [0.5, 0.6) is 0 Å². The predicted octanol–water partition coefficient (Wildman–Crippen LogP) is 1.64. The van der Waals surface area contributed by atoms with Crippen molar-refractivity contribution in [2.45, 2.75) is 32.2 Å². The zero-order valence-electron chi connectivity index (χ0n) is 7.14. The first kappa shape index (κ1) is 6.66. The second-order valence-electron chi connectivity index (χ2n) is 4.31. The molecule has 0 amide bonds. The molecular weight excluding hydrogens is 122 g/mol. The average Bonchev–Trinajstić information content (AvgIpc) is 2.46. The molecule has 2 bridgehead atoms. The van der Waals surface area contributed by atoms with Crippen LogP contribution >= 0.6 is 0 Å². The smallest absolute Gasteiger partial charge is 0.0893 e. The van der Waals surface area contributed by atoms with E-state index in [9.17, 15) is 0 Å². The van der Waals surface area contributed by atoms with Gasteiger partial charge in [-0.2, -0.15) is 0 Å². The van der Waals surface area contributed by atoms with E-state index >= 15 is 0 Å². The minimum Gasteiger partial charge on any atom is -0.324 e. The molecule has 0 aromatic heterocycles. The van der Waals surface area contributed by atoms with E-state index in [0.29, 0.717) is 0 Å². The van der Waals surface area contributed by atoms with E-state index < -0.39 is 0 Å². The van der Waals surface area contributed by atoms with Crippen LogP contribution in [0.4, 0.5) is 0 Å². The largest absolute Gasteiger partial charge is 0.324 e. The summed E-state index contributed by atoms with van der Waals surface area (Å²) in [5.41, 5.74) is 0. The lowest BCUT2D eigenvalue weighted by Crippen LogP contribution is -2.49. The quantitative estimate of drug-likeness (QED) is 0.486. The monoisotopic (exact) mass is 140 g/mol. The highest BCUT2D eigenvalue weighted by Crippen LogP contribution is 2.41. The van der Waals surface area contributed by atoms with Gasteiger partial charge in [0.25, 0.3) is 0 Å². The summed E-state index contributed by atoms with van der Waals surface area (Å²) in [6.07, 6.45) is 4.57. The van der Waals surface area contributed by atoms with Gasteiger partial charge in [-0.25, -0.2) is 0 Å². The highest BCUT2D eigenvalue weighted by atomic mass is 15.4. The number of likely N-dealkylation sites (tertiary alicyclic amines) is 1. The molecule has 1 saturated heterocycles. The fourth-order valence-corrected chi connectivity index (χ4v) is 2.91. The van der Waals surface area contributed by atoms with Gasteiger partial charge in [0.1, 0.15) is 0 Å². The zero-order valence-corrected chi connectivity index (χ0v) is 7.14. The minimum atomic E-state index is 1.04. The van der Waals surface area contributed by atoms with Crippen molar-refractivity contribution in [3.63, 3.8) is 0 Å². The van der Waals surface area contributed by atoms with Crippen molar-refractivity contribution in [1.82, 2.24) is 0 Å². The number of quaternary nitrogens is 1. The molecule has 1 saturated carbocycles. The van der Waals surface area contributed by atoms with Gasteiger partial charge in [-0.1, -0.05) is 0 Å². The second kappa shape index (κ2) is 1.97. The SMILES string of the molecule is CC[N+]1(C)C[C@H]2CC[C@@H]1C2. The Morgan fingerprint density at radius 2 is 2.20 bits per heavy atom. The maximum Gasteiger partial charge on any atom is 0.0893 e. The van der Waals surface area contributed by atoms with Crippen LogP contribution in [0.15, 0.2) is 0 Å². The van der Waals surface area contributed by atoms with Crippen LogP contribution in [0.2, 0.25) is 0 Å². The van der Waals surface area contributed by atoms with Crippen LogP contribution in [0.1, 0.15) is 26.2 Å². The van der Waals surface area contributed by atoms with Gasteiger partial charge in [-0.3, -0.25) is 0 Å². The van der Waals surface area contributed by atoms with Gasteiger partial charge in [-0.05, 0) is 19.8 Å². The van der Waals surface area contributed by atoms with Crippen molar-refractivity contribution < 1.29 is 4.48 Å². The van der Waals surface area contributed by atoms with Crippen molar-refractivity contribution in [3.8, 4) is 0 Å². The van der Waals surface area contributed by atoms with Crippen molar-refractivity contribution in [3.05, 3.63) is 0 Å². The molecule has 1 heteroatoms. The number of nitrogens with zero attached hydrogens (tertiary/aromatic N) is 1. The Hall–Kier alpha value is -0.0400. The van der Waals surface area contributed by atoms with Gasteiger partial charge >= 0.3 is 0 Å². The Balaban J connectivity index is 2.14. The van der Waals surface area contributed by atoms with E-state index in [4.69, 9.17) is 0 Å². The molecule has 10 heavy (non-hydrogen) atoms. The third kappa shape index (κ3) is 0.731. The summed E-state index contributed by atoms with van der Waals surface area (Å²) in [5.74, 6) is 1.09. The molecule has 1 nitrogen and oxygen atoms in total. The predicted molar refractivity (Wildman–Crippen MR) is 42.7 cm³/mol. The van der Waals surface area contributed by atoms with Crippen LogP contribution in [-0.2, 0) is 0 Å². The number of hydrogen-bond acceptors (Lipinski definition) is 0. The number of fused-ring (bicyclic) bond motifs is 2. The Morgan fingerprint density at radius 1 is 1.40 bits per heavy atom. The Labute approximate surface area is 63.6 Å². The Morgan fingerprint density at radius 3 is 2.50 bits per heavy atom. The summed E-state index contributed by atoms with van der Waals surface area (Å²) < 4.78 is 1.38. The molecule has 2 aliphatic rings. The Bertz CT molecular complexity index is 144. The molecule has 0 radical (unpaired) electrons. The van der Waals surface area contributed by atoms with Gasteiger partial charge < -0.3 is 4.48 Å². The van der Waals surface area contributed by atoms with E-state index in [1.165, 1.54) is 36.8 Å². The number of rotatable bonds is 1. The molecule has 58 valence electrons. The van der Waals surface area contributed by atoms with Gasteiger partial charge in [0.15, 0.2) is 0 Å². The molecule has 2 fully saturated rings. The molecule has 3 atom stereocenters. The fourth-order valence-electron chi connectivity index (χ4n) is 2.91. The molecule has 0 aromatic carbocycles. The molecular formula is C9H18N+. The highest BCUT2D eigenvalue weighted by Gasteiger charge is 2.47. The normalized spacial score (nSPS) is 52.2. The maximum atomic E-state index is 2.43. The lowest BCUT2D eigenvalue weighted by Gasteiger charge is -2.37. The van der Waals surface area contributed by atoms with Crippen molar-refractivity contribution in [2.75, 3.05) is 20.1 Å². The molecule has 1 heterocycles. The summed E-state index contributed by atoms with van der Waals surface area (Å²) in [6.45, 7) is 5.16. The van der Waals surface area contributed by atoms with Crippen LogP contribution in [0.3, 0.4) is 0 Å². The van der Waals surface area contributed by atoms with Gasteiger partial charge in [0.05, 0.1) is 26.2 Å². The lowest BCUT2D eigenvalue weighted by atomic mass is 10.1. The second-order valence-corrected chi connectivity index (χ2v) is 4.31. The van der Waals surface area contributed by atoms with Crippen molar-refractivity contribution in [1.29, 1.82) is 0 Å². The van der Waals surface area contributed by atoms with E-state index in [0.717, 1.165) is 12.0 Å². The molecule has 1 unspecified atom stereocenters. The average molecular weight is 140 g/mol. The van der Waals surface area contributed by atoms with Crippen molar-refractivity contribution >= 4 is 0 Å². The summed E-state index contributed by atoms with van der Waals surface area (Å²) in [6, 6.07) is 1.04. The van der Waals surface area contributed by atoms with Crippen LogP contribution in [0, 0.1) is 5.92 Å². The Kier molecular flexibility index (Phi) is 1.31. The van der Waals surface area contributed by atoms with E-state index in [1.54, 1.807) is 0 Å². The summed E-state index contributed by atoms with van der Waals surface area (Å²) in [5, 5.41) is 0. The topological polar surface area (TPSA) is 0 Å². The lowest BCUT2D eigenvalue weighted by molar-refractivity contribution is -0.924. The number of piperidine rings is 1. The molecule has 1 aliphatic carbocycles. The van der Waals surface area contributed by atoms with Crippen LogP contribution in [0.25, 0.3) is 0 Å². The third-order valence-electron chi connectivity index (χ3n) is 3.79. The zero-order chi connectivity index (χ0) is 7.19. The first-order valence-electron chi connectivity index (χ1n) is 4.59. The van der Waals surface area contributed by atoms with Crippen LogP contribution in [-0.4, -0.2) is 30.7 Å². The van der Waals surface area contributed by atoms with Crippen molar-refractivity contribution in [2.24, 2.45) is 5.92 Å². The van der Waals surface area contributed by atoms with E-state index in [1.807, 2.05) is 0 Å². The van der Waals surface area contributed by atoms with Crippen LogP contribution < -0.4 is 0 Å². The van der Waals surface area contributed by atoms with E-state index in [2.05, 4.69) is 14.0 Å². The minimum absolute atomic E-state index is 1.04. The van der Waals surface area contributed by atoms with E-state index in [-0.39, 0.29) is 0 Å². The van der Waals surface area contributed by atoms with Gasteiger partial charge in [0, 0.05) is 12.3 Å². The molecule has 0 N–H and O–H groups in total. The summed E-state index contributed by atoms with van der Waals surface area (Å²) in [7, 11) is 2.43. The molecule has 2 rings (SSSR count).